The van der Waals surface area contributed by atoms with E-state index >= 15 is 0 Å². The Morgan fingerprint density at radius 1 is 1.00 bits per heavy atom. The van der Waals surface area contributed by atoms with Gasteiger partial charge in [0.15, 0.2) is 0 Å². The molecule has 21 heavy (non-hydrogen) atoms. The molecule has 0 bridgehead atoms. The molecule has 0 amide bonds. The Kier molecular flexibility index (Phi) is 7.78. The topological polar surface area (TPSA) is 32.5 Å². The molecule has 3 nitrogen and oxygen atoms in total. The number of halogens is 2. The molecule has 0 saturated carbocycles. The molecule has 1 aromatic rings. The van der Waals surface area contributed by atoms with Crippen molar-refractivity contribution in [3.8, 4) is 0 Å². The number of benzene rings is 1. The van der Waals surface area contributed by atoms with Gasteiger partial charge in [0.25, 0.3) is 6.43 Å². The normalized spacial score (nSPS) is 13.4. The number of nitrogens with zero attached hydrogens (tertiary/aromatic N) is 2. The first kappa shape index (κ1) is 18.0. The lowest BCUT2D eigenvalue weighted by molar-refractivity contribution is 0.151. The van der Waals surface area contributed by atoms with Crippen molar-refractivity contribution in [2.75, 3.05) is 40.3 Å². The molecule has 0 aliphatic heterocycles. The largest absolute Gasteiger partial charge is 0.329 e. The zero-order valence-corrected chi connectivity index (χ0v) is 13.2. The molecular weight excluding hydrogens is 272 g/mol. The molecule has 0 heterocycles. The maximum absolute atomic E-state index is 12.6. The summed E-state index contributed by atoms with van der Waals surface area (Å²) in [6, 6.07) is 6.63. The highest BCUT2D eigenvalue weighted by atomic mass is 19.3. The monoisotopic (exact) mass is 299 g/mol. The van der Waals surface area contributed by atoms with E-state index in [1.165, 1.54) is 12.1 Å². The number of nitrogens with two attached hydrogens (primary N) is 1. The summed E-state index contributed by atoms with van der Waals surface area (Å²) in [5, 5.41) is 0. The lowest BCUT2D eigenvalue weighted by Crippen LogP contribution is -2.38. The van der Waals surface area contributed by atoms with Gasteiger partial charge in [-0.15, -0.1) is 0 Å². The van der Waals surface area contributed by atoms with Crippen LogP contribution in [0.2, 0.25) is 0 Å². The summed E-state index contributed by atoms with van der Waals surface area (Å²) in [7, 11) is 4.08. The van der Waals surface area contributed by atoms with E-state index in [4.69, 9.17) is 5.73 Å². The third-order valence-electron chi connectivity index (χ3n) is 3.58. The first-order valence-electron chi connectivity index (χ1n) is 7.46. The van der Waals surface area contributed by atoms with E-state index in [0.29, 0.717) is 6.54 Å². The molecule has 0 spiro atoms. The third kappa shape index (κ3) is 5.69. The van der Waals surface area contributed by atoms with E-state index in [1.54, 1.807) is 12.1 Å². The second-order valence-corrected chi connectivity index (χ2v) is 5.56. The van der Waals surface area contributed by atoms with E-state index < -0.39 is 6.43 Å². The zero-order chi connectivity index (χ0) is 15.8. The number of hydrogen-bond donors (Lipinski definition) is 1. The van der Waals surface area contributed by atoms with Crippen LogP contribution in [-0.2, 0) is 0 Å². The van der Waals surface area contributed by atoms with Crippen molar-refractivity contribution >= 4 is 0 Å². The first-order valence-corrected chi connectivity index (χ1v) is 7.46. The molecule has 120 valence electrons. The molecule has 0 fully saturated rings. The summed E-state index contributed by atoms with van der Waals surface area (Å²) >= 11 is 0. The minimum absolute atomic E-state index is 0.0601. The van der Waals surface area contributed by atoms with Gasteiger partial charge in [-0.1, -0.05) is 31.2 Å². The molecular formula is C16H27F2N3. The smallest absolute Gasteiger partial charge is 0.263 e. The molecule has 0 aliphatic carbocycles. The van der Waals surface area contributed by atoms with E-state index in [9.17, 15) is 8.78 Å². The van der Waals surface area contributed by atoms with Gasteiger partial charge in [-0.25, -0.2) is 8.78 Å². The SMILES string of the molecule is CCCN(CCN(C)C)C(CN)c1ccc(C(F)F)cc1. The number of hydrogen-bond acceptors (Lipinski definition) is 3. The van der Waals surface area contributed by atoms with E-state index in [0.717, 1.165) is 31.6 Å². The van der Waals surface area contributed by atoms with Crippen molar-refractivity contribution in [3.05, 3.63) is 35.4 Å². The maximum Gasteiger partial charge on any atom is 0.263 e. The Morgan fingerprint density at radius 2 is 1.57 bits per heavy atom. The van der Waals surface area contributed by atoms with Gasteiger partial charge in [0.2, 0.25) is 0 Å². The highest BCUT2D eigenvalue weighted by Crippen LogP contribution is 2.24. The molecule has 1 atom stereocenters. The molecule has 2 N–H and O–H groups in total. The number of likely N-dealkylation sites (N-methyl/N-ethyl adjacent to an activating group) is 1. The first-order chi connectivity index (χ1) is 9.99. The van der Waals surface area contributed by atoms with Crippen LogP contribution in [0.4, 0.5) is 8.78 Å². The van der Waals surface area contributed by atoms with Gasteiger partial charge in [-0.3, -0.25) is 4.90 Å². The van der Waals surface area contributed by atoms with Gasteiger partial charge < -0.3 is 10.6 Å². The van der Waals surface area contributed by atoms with Crippen molar-refractivity contribution in [2.45, 2.75) is 25.8 Å². The van der Waals surface area contributed by atoms with Gasteiger partial charge in [-0.05, 0) is 32.6 Å². The zero-order valence-electron chi connectivity index (χ0n) is 13.2. The molecule has 1 unspecified atom stereocenters. The van der Waals surface area contributed by atoms with Crippen LogP contribution in [0.1, 0.15) is 36.9 Å². The third-order valence-corrected chi connectivity index (χ3v) is 3.58. The second kappa shape index (κ2) is 9.07. The molecule has 1 aromatic carbocycles. The van der Waals surface area contributed by atoms with Crippen LogP contribution >= 0.6 is 0 Å². The lowest BCUT2D eigenvalue weighted by Gasteiger charge is -2.32. The fourth-order valence-corrected chi connectivity index (χ4v) is 2.40. The fraction of sp³-hybridized carbons (Fsp3) is 0.625. The Labute approximate surface area is 126 Å². The van der Waals surface area contributed by atoms with Crippen molar-refractivity contribution in [2.24, 2.45) is 5.73 Å². The highest BCUT2D eigenvalue weighted by Gasteiger charge is 2.19. The molecule has 0 saturated heterocycles. The quantitative estimate of drug-likeness (QED) is 0.761. The summed E-state index contributed by atoms with van der Waals surface area (Å²) in [4.78, 5) is 4.47. The predicted molar refractivity (Wildman–Crippen MR) is 83.6 cm³/mol. The Balaban J connectivity index is 2.85. The predicted octanol–water partition coefficient (Wildman–Crippen LogP) is 2.90. The summed E-state index contributed by atoms with van der Waals surface area (Å²) in [5.74, 6) is 0. The van der Waals surface area contributed by atoms with Gasteiger partial charge in [0.1, 0.15) is 0 Å². The molecule has 0 aliphatic rings. The van der Waals surface area contributed by atoms with Crippen molar-refractivity contribution < 1.29 is 8.78 Å². The Hall–Kier alpha value is -1.04. The highest BCUT2D eigenvalue weighted by molar-refractivity contribution is 5.26. The van der Waals surface area contributed by atoms with E-state index in [-0.39, 0.29) is 11.6 Å². The van der Waals surface area contributed by atoms with Gasteiger partial charge in [-0.2, -0.15) is 0 Å². The summed E-state index contributed by atoms with van der Waals surface area (Å²) in [6.45, 7) is 5.44. The minimum atomic E-state index is -2.42. The summed E-state index contributed by atoms with van der Waals surface area (Å²) in [6.07, 6.45) is -1.38. The molecule has 0 aromatic heterocycles. The van der Waals surface area contributed by atoms with Gasteiger partial charge in [0, 0.05) is 31.2 Å². The Morgan fingerprint density at radius 3 is 2.00 bits per heavy atom. The number of alkyl halides is 2. The van der Waals surface area contributed by atoms with Crippen LogP contribution in [0, 0.1) is 0 Å². The summed E-state index contributed by atoms with van der Waals surface area (Å²) < 4.78 is 25.3. The van der Waals surface area contributed by atoms with Crippen LogP contribution in [0.15, 0.2) is 24.3 Å². The van der Waals surface area contributed by atoms with E-state index in [1.807, 2.05) is 14.1 Å². The second-order valence-electron chi connectivity index (χ2n) is 5.56. The van der Waals surface area contributed by atoms with E-state index in [2.05, 4.69) is 16.7 Å². The molecule has 0 radical (unpaired) electrons. The van der Waals surface area contributed by atoms with Crippen LogP contribution < -0.4 is 5.73 Å². The van der Waals surface area contributed by atoms with Crippen LogP contribution in [0.3, 0.4) is 0 Å². The van der Waals surface area contributed by atoms with Crippen LogP contribution in [0.5, 0.6) is 0 Å². The van der Waals surface area contributed by atoms with Crippen molar-refractivity contribution in [1.82, 2.24) is 9.80 Å². The Bertz CT molecular complexity index is 393. The van der Waals surface area contributed by atoms with Crippen molar-refractivity contribution in [1.29, 1.82) is 0 Å². The van der Waals surface area contributed by atoms with Gasteiger partial charge in [0.05, 0.1) is 0 Å². The average molecular weight is 299 g/mol. The van der Waals surface area contributed by atoms with Crippen LogP contribution in [-0.4, -0.2) is 50.1 Å². The lowest BCUT2D eigenvalue weighted by atomic mass is 10.0. The van der Waals surface area contributed by atoms with Gasteiger partial charge >= 0.3 is 0 Å². The molecule has 5 heteroatoms. The van der Waals surface area contributed by atoms with Crippen molar-refractivity contribution in [3.63, 3.8) is 0 Å². The standard InChI is InChI=1S/C16H27F2N3/c1-4-9-21(11-10-20(2)3)15(12-19)13-5-7-14(8-6-13)16(17)18/h5-8,15-16H,4,9-12,19H2,1-3H3. The molecule has 1 rings (SSSR count). The average Bonchev–Trinajstić information content (AvgIpc) is 2.46. The number of rotatable bonds is 9. The fourth-order valence-electron chi connectivity index (χ4n) is 2.40. The summed E-state index contributed by atoms with van der Waals surface area (Å²) in [5.41, 5.74) is 7.01. The van der Waals surface area contributed by atoms with Crippen LogP contribution in [0.25, 0.3) is 0 Å². The minimum Gasteiger partial charge on any atom is -0.329 e. The maximum atomic E-state index is 12.6.